The van der Waals surface area contributed by atoms with E-state index < -0.39 is 6.03 Å². The fraction of sp³-hybridized carbons (Fsp3) is 0.481. The lowest BCUT2D eigenvalue weighted by atomic mass is 9.92. The zero-order valence-corrected chi connectivity index (χ0v) is 21.5. The van der Waals surface area contributed by atoms with Crippen LogP contribution in [-0.4, -0.2) is 65.5 Å². The van der Waals surface area contributed by atoms with Crippen molar-refractivity contribution in [3.05, 3.63) is 40.7 Å². The van der Waals surface area contributed by atoms with Crippen molar-refractivity contribution in [2.24, 2.45) is 5.92 Å². The number of ether oxygens (including phenoxy) is 2. The Kier molecular flexibility index (Phi) is 7.24. The predicted molar refractivity (Wildman–Crippen MR) is 137 cm³/mol. The number of rotatable bonds is 7. The number of aryl methyl sites for hydroxylation is 1. The number of aldehydes is 1. The number of carbonyl (C=O) groups is 3. The summed E-state index contributed by atoms with van der Waals surface area (Å²) in [4.78, 5) is 49.6. The van der Waals surface area contributed by atoms with E-state index in [2.05, 4.69) is 21.4 Å². The molecule has 1 saturated carbocycles. The van der Waals surface area contributed by atoms with Gasteiger partial charge in [0.1, 0.15) is 40.8 Å². The van der Waals surface area contributed by atoms with E-state index in [0.717, 1.165) is 31.2 Å². The van der Waals surface area contributed by atoms with E-state index >= 15 is 0 Å². The van der Waals surface area contributed by atoms with E-state index in [1.165, 1.54) is 17.2 Å². The van der Waals surface area contributed by atoms with Gasteiger partial charge in [-0.25, -0.2) is 14.8 Å². The molecule has 0 spiro atoms. The van der Waals surface area contributed by atoms with Gasteiger partial charge in [0, 0.05) is 44.3 Å². The molecule has 1 N–H and O–H groups in total. The first-order valence-corrected chi connectivity index (χ1v) is 12.9. The van der Waals surface area contributed by atoms with Crippen molar-refractivity contribution in [2.45, 2.75) is 57.8 Å². The highest BCUT2D eigenvalue weighted by molar-refractivity contribution is 6.01. The number of carbonyl (C=O) groups excluding carboxylic acids is 3. The third kappa shape index (κ3) is 4.91. The summed E-state index contributed by atoms with van der Waals surface area (Å²) in [5.41, 5.74) is 2.02. The minimum Gasteiger partial charge on any atom is -0.486 e. The molecule has 38 heavy (non-hydrogen) atoms. The number of hydrogen-bond acceptors (Lipinski definition) is 8. The maximum atomic E-state index is 13.3. The lowest BCUT2D eigenvalue weighted by Crippen LogP contribution is -2.42. The second-order valence-corrected chi connectivity index (χ2v) is 9.95. The minimum atomic E-state index is -0.451. The van der Waals surface area contributed by atoms with Gasteiger partial charge < -0.3 is 14.4 Å². The minimum absolute atomic E-state index is 0.0173. The van der Waals surface area contributed by atoms with Crippen LogP contribution in [0.15, 0.2) is 18.3 Å². The molecule has 2 aromatic heterocycles. The van der Waals surface area contributed by atoms with E-state index in [1.807, 2.05) is 13.0 Å². The van der Waals surface area contributed by atoms with E-state index in [9.17, 15) is 19.6 Å². The number of amides is 3. The summed E-state index contributed by atoms with van der Waals surface area (Å²) in [5, 5.41) is 12.2. The van der Waals surface area contributed by atoms with Gasteiger partial charge in [-0.05, 0) is 43.7 Å². The SMILES string of the molecule is CO[C@@H]1CC[C@H]1Oc1cc(NC(=O)N2CCCc3cc(CN4CC[C@@H](C)C4=O)c(C=O)nc32)ncc1C#N. The van der Waals surface area contributed by atoms with E-state index in [1.54, 1.807) is 12.0 Å². The quantitative estimate of drug-likeness (QED) is 0.552. The number of nitrogens with one attached hydrogen (secondary N) is 1. The van der Waals surface area contributed by atoms with Crippen LogP contribution in [-0.2, 0) is 22.5 Å². The second-order valence-electron chi connectivity index (χ2n) is 9.95. The summed E-state index contributed by atoms with van der Waals surface area (Å²) in [6, 6.07) is 5.04. The molecule has 2 aliphatic heterocycles. The number of urea groups is 1. The normalized spacial score (nSPS) is 22.3. The van der Waals surface area contributed by atoms with Crippen LogP contribution in [0.4, 0.5) is 16.4 Å². The Morgan fingerprint density at radius 1 is 1.26 bits per heavy atom. The standard InChI is InChI=1S/C27H30N6O5/c1-16-7-9-32(26(16)35)14-18-10-17-4-3-8-33(25(17)30-20(18)15-34)27(36)31-24-11-23(19(12-28)13-29-24)38-22-6-5-21(22)37-2/h10-11,13,15-16,21-22H,3-9,14H2,1-2H3,(H,29,31,36)/t16-,21-,22-/m1/s1. The first kappa shape index (κ1) is 25.6. The Bertz CT molecular complexity index is 1310. The first-order chi connectivity index (χ1) is 18.4. The summed E-state index contributed by atoms with van der Waals surface area (Å²) >= 11 is 0. The molecular formula is C27H30N6O5. The van der Waals surface area contributed by atoms with E-state index in [0.29, 0.717) is 49.5 Å². The lowest BCUT2D eigenvalue weighted by molar-refractivity contribution is -0.131. The number of anilines is 2. The van der Waals surface area contributed by atoms with Gasteiger partial charge in [0.25, 0.3) is 0 Å². The summed E-state index contributed by atoms with van der Waals surface area (Å²) < 4.78 is 11.4. The molecule has 11 heteroatoms. The number of nitriles is 1. The number of pyridine rings is 2. The maximum Gasteiger partial charge on any atom is 0.328 e. The molecule has 0 unspecified atom stereocenters. The first-order valence-electron chi connectivity index (χ1n) is 12.9. The number of methoxy groups -OCH3 is 1. The van der Waals surface area contributed by atoms with Crippen LogP contribution < -0.4 is 15.0 Å². The summed E-state index contributed by atoms with van der Waals surface area (Å²) in [6.07, 6.45) is 5.76. The lowest BCUT2D eigenvalue weighted by Gasteiger charge is -2.35. The van der Waals surface area contributed by atoms with Crippen molar-refractivity contribution in [2.75, 3.05) is 30.4 Å². The highest BCUT2D eigenvalue weighted by atomic mass is 16.5. The monoisotopic (exact) mass is 518 g/mol. The molecule has 2 aromatic rings. The van der Waals surface area contributed by atoms with Gasteiger partial charge >= 0.3 is 6.03 Å². The van der Waals surface area contributed by atoms with Crippen molar-refractivity contribution in [3.63, 3.8) is 0 Å². The van der Waals surface area contributed by atoms with Crippen LogP contribution in [0, 0.1) is 17.2 Å². The maximum absolute atomic E-state index is 13.3. The summed E-state index contributed by atoms with van der Waals surface area (Å²) in [5.74, 6) is 1.05. The van der Waals surface area contributed by atoms with Crippen LogP contribution in [0.1, 0.15) is 59.8 Å². The fourth-order valence-electron chi connectivity index (χ4n) is 5.11. The molecule has 11 nitrogen and oxygen atoms in total. The Labute approximate surface area is 220 Å². The number of likely N-dealkylation sites (tertiary alicyclic amines) is 1. The predicted octanol–water partition coefficient (Wildman–Crippen LogP) is 3.07. The summed E-state index contributed by atoms with van der Waals surface area (Å²) in [7, 11) is 1.62. The Morgan fingerprint density at radius 2 is 2.08 bits per heavy atom. The van der Waals surface area contributed by atoms with Gasteiger partial charge in [-0.15, -0.1) is 0 Å². The smallest absolute Gasteiger partial charge is 0.328 e. The molecule has 1 saturated heterocycles. The Morgan fingerprint density at radius 3 is 2.74 bits per heavy atom. The fourth-order valence-corrected chi connectivity index (χ4v) is 5.11. The van der Waals surface area contributed by atoms with Crippen molar-refractivity contribution < 1.29 is 23.9 Å². The van der Waals surface area contributed by atoms with Crippen LogP contribution in [0.2, 0.25) is 0 Å². The number of aromatic nitrogens is 2. The van der Waals surface area contributed by atoms with Gasteiger partial charge in [0.15, 0.2) is 6.29 Å². The topological polar surface area (TPSA) is 138 Å². The molecule has 3 aliphatic rings. The molecule has 3 atom stereocenters. The van der Waals surface area contributed by atoms with Crippen molar-refractivity contribution >= 4 is 29.9 Å². The van der Waals surface area contributed by atoms with Crippen LogP contribution in [0.5, 0.6) is 5.75 Å². The van der Waals surface area contributed by atoms with Crippen molar-refractivity contribution in [3.8, 4) is 11.8 Å². The van der Waals surface area contributed by atoms with Gasteiger partial charge in [0.2, 0.25) is 5.91 Å². The van der Waals surface area contributed by atoms with Gasteiger partial charge in [0.05, 0.1) is 12.3 Å². The van der Waals surface area contributed by atoms with Crippen LogP contribution in [0.25, 0.3) is 0 Å². The molecular weight excluding hydrogens is 488 g/mol. The Hall–Kier alpha value is -4.04. The van der Waals surface area contributed by atoms with Gasteiger partial charge in [-0.1, -0.05) is 6.92 Å². The third-order valence-corrected chi connectivity index (χ3v) is 7.51. The molecule has 0 aromatic carbocycles. The van der Waals surface area contributed by atoms with Gasteiger partial charge in [-0.3, -0.25) is 19.8 Å². The average molecular weight is 519 g/mol. The Balaban J connectivity index is 1.35. The molecule has 0 radical (unpaired) electrons. The van der Waals surface area contributed by atoms with Crippen molar-refractivity contribution in [1.82, 2.24) is 14.9 Å². The molecule has 5 rings (SSSR count). The zero-order valence-electron chi connectivity index (χ0n) is 21.5. The molecule has 4 heterocycles. The second kappa shape index (κ2) is 10.8. The van der Waals surface area contributed by atoms with Crippen LogP contribution >= 0.6 is 0 Å². The molecule has 2 fully saturated rings. The van der Waals surface area contributed by atoms with Crippen LogP contribution in [0.3, 0.4) is 0 Å². The number of fused-ring (bicyclic) bond motifs is 1. The zero-order chi connectivity index (χ0) is 26.8. The molecule has 198 valence electrons. The third-order valence-electron chi connectivity index (χ3n) is 7.51. The van der Waals surface area contributed by atoms with E-state index in [4.69, 9.17) is 9.47 Å². The molecule has 0 bridgehead atoms. The van der Waals surface area contributed by atoms with Gasteiger partial charge in [-0.2, -0.15) is 5.26 Å². The number of hydrogen-bond donors (Lipinski definition) is 1. The molecule has 1 aliphatic carbocycles. The highest BCUT2D eigenvalue weighted by Crippen LogP contribution is 2.32. The average Bonchev–Trinajstić information content (AvgIpc) is 3.22. The largest absolute Gasteiger partial charge is 0.486 e. The van der Waals surface area contributed by atoms with Crippen molar-refractivity contribution in [1.29, 1.82) is 5.26 Å². The van der Waals surface area contributed by atoms with E-state index in [-0.39, 0.29) is 41.1 Å². The number of nitrogens with zero attached hydrogens (tertiary/aromatic N) is 5. The molecule has 3 amide bonds. The summed E-state index contributed by atoms with van der Waals surface area (Å²) in [6.45, 7) is 3.31. The highest BCUT2D eigenvalue weighted by Gasteiger charge is 2.34.